The molecule has 0 saturated carbocycles. The van der Waals surface area contributed by atoms with E-state index in [0.717, 1.165) is 12.2 Å². The Bertz CT molecular complexity index is 721. The lowest BCUT2D eigenvalue weighted by Gasteiger charge is -2.34. The highest BCUT2D eigenvalue weighted by atomic mass is 16.5. The van der Waals surface area contributed by atoms with Crippen molar-refractivity contribution in [2.24, 2.45) is 0 Å². The molecule has 1 atom stereocenters. The molecule has 1 amide bonds. The van der Waals surface area contributed by atoms with Crippen LogP contribution in [0.1, 0.15) is 37.7 Å². The summed E-state index contributed by atoms with van der Waals surface area (Å²) in [4.78, 5) is 23.7. The van der Waals surface area contributed by atoms with Crippen molar-refractivity contribution in [1.82, 2.24) is 14.9 Å². The molecule has 0 bridgehead atoms. The number of amides is 1. The number of hydrogen-bond donors (Lipinski definition) is 1. The molecule has 6 heteroatoms. The van der Waals surface area contributed by atoms with Crippen molar-refractivity contribution < 1.29 is 9.53 Å². The first-order valence-electron chi connectivity index (χ1n) is 9.14. The van der Waals surface area contributed by atoms with Gasteiger partial charge >= 0.3 is 0 Å². The lowest BCUT2D eigenvalue weighted by molar-refractivity contribution is -0.140. The number of nitrogens with zero attached hydrogens (tertiary/aromatic N) is 3. The molecule has 1 aromatic carbocycles. The summed E-state index contributed by atoms with van der Waals surface area (Å²) in [6.07, 6.45) is 2.94. The predicted molar refractivity (Wildman–Crippen MR) is 101 cm³/mol. The largest absolute Gasteiger partial charge is 0.377 e. The molecule has 0 aliphatic carbocycles. The van der Waals surface area contributed by atoms with E-state index in [4.69, 9.17) is 4.74 Å². The van der Waals surface area contributed by atoms with Gasteiger partial charge < -0.3 is 15.0 Å². The third-order valence-electron chi connectivity index (χ3n) is 4.33. The summed E-state index contributed by atoms with van der Waals surface area (Å²) in [5.41, 5.74) is 1.17. The van der Waals surface area contributed by atoms with Crippen LogP contribution in [0.25, 0.3) is 0 Å². The Kier molecular flexibility index (Phi) is 6.17. The van der Waals surface area contributed by atoms with Gasteiger partial charge in [0, 0.05) is 25.2 Å². The molecule has 0 spiro atoms. The van der Waals surface area contributed by atoms with Gasteiger partial charge in [-0.15, -0.1) is 0 Å². The molecule has 1 saturated heterocycles. The fraction of sp³-hybridized carbons (Fsp3) is 0.450. The highest BCUT2D eigenvalue weighted by Gasteiger charge is 2.30. The van der Waals surface area contributed by atoms with Crippen molar-refractivity contribution in [3.05, 3.63) is 54.0 Å². The van der Waals surface area contributed by atoms with E-state index >= 15 is 0 Å². The number of aryl methyl sites for hydroxylation is 1. The van der Waals surface area contributed by atoms with E-state index in [1.165, 1.54) is 5.56 Å². The lowest BCUT2D eigenvalue weighted by Crippen LogP contribution is -2.44. The van der Waals surface area contributed by atoms with E-state index in [1.54, 1.807) is 6.20 Å². The van der Waals surface area contributed by atoms with Gasteiger partial charge in [0.15, 0.2) is 5.82 Å². The van der Waals surface area contributed by atoms with Gasteiger partial charge in [0.2, 0.25) is 5.91 Å². The maximum atomic E-state index is 12.8. The van der Waals surface area contributed by atoms with E-state index in [1.807, 2.05) is 41.3 Å². The van der Waals surface area contributed by atoms with Gasteiger partial charge in [-0.25, -0.2) is 9.97 Å². The number of aromatic nitrogens is 2. The van der Waals surface area contributed by atoms with Gasteiger partial charge in [0.05, 0.1) is 13.2 Å². The Morgan fingerprint density at radius 3 is 2.88 bits per heavy atom. The minimum absolute atomic E-state index is 0.118. The number of ether oxygens (including phenoxy) is 1. The van der Waals surface area contributed by atoms with E-state index in [-0.39, 0.29) is 18.0 Å². The number of benzene rings is 1. The van der Waals surface area contributed by atoms with Crippen LogP contribution in [0.4, 0.5) is 5.82 Å². The normalized spacial score (nSPS) is 17.3. The Balaban J connectivity index is 1.70. The molecule has 1 aliphatic heterocycles. The zero-order valence-electron chi connectivity index (χ0n) is 15.4. The van der Waals surface area contributed by atoms with Gasteiger partial charge in [0.25, 0.3) is 0 Å². The van der Waals surface area contributed by atoms with Crippen molar-refractivity contribution >= 4 is 11.7 Å². The molecule has 1 aromatic heterocycles. The quantitative estimate of drug-likeness (QED) is 0.864. The second-order valence-corrected chi connectivity index (χ2v) is 6.76. The molecule has 1 aliphatic rings. The van der Waals surface area contributed by atoms with Crippen molar-refractivity contribution in [3.63, 3.8) is 0 Å². The average Bonchev–Trinajstić information content (AvgIpc) is 2.66. The molecular formula is C20H26N4O2. The Labute approximate surface area is 154 Å². The van der Waals surface area contributed by atoms with Crippen molar-refractivity contribution in [1.29, 1.82) is 0 Å². The SMILES string of the molecule is CC(C)Nc1ccnc([C@@H]2COCCN2C(=O)CCc2ccccc2)n1. The molecule has 2 aromatic rings. The number of morpholine rings is 1. The summed E-state index contributed by atoms with van der Waals surface area (Å²) >= 11 is 0. The van der Waals surface area contributed by atoms with Crippen LogP contribution in [0.5, 0.6) is 0 Å². The van der Waals surface area contributed by atoms with Crippen molar-refractivity contribution in [3.8, 4) is 0 Å². The molecule has 3 rings (SSSR count). The molecule has 138 valence electrons. The zero-order chi connectivity index (χ0) is 18.4. The summed E-state index contributed by atoms with van der Waals surface area (Å²) in [7, 11) is 0. The van der Waals surface area contributed by atoms with Crippen molar-refractivity contribution in [2.45, 2.75) is 38.8 Å². The van der Waals surface area contributed by atoms with E-state index < -0.39 is 0 Å². The highest BCUT2D eigenvalue weighted by molar-refractivity contribution is 5.77. The predicted octanol–water partition coefficient (Wildman–Crippen LogP) is 2.83. The first-order valence-corrected chi connectivity index (χ1v) is 9.14. The zero-order valence-corrected chi connectivity index (χ0v) is 15.4. The molecule has 0 radical (unpaired) electrons. The molecule has 1 N–H and O–H groups in total. The summed E-state index contributed by atoms with van der Waals surface area (Å²) in [6, 6.07) is 12.0. The molecule has 6 nitrogen and oxygen atoms in total. The minimum Gasteiger partial charge on any atom is -0.377 e. The van der Waals surface area contributed by atoms with Crippen molar-refractivity contribution in [2.75, 3.05) is 25.1 Å². The minimum atomic E-state index is -0.235. The second kappa shape index (κ2) is 8.76. The fourth-order valence-electron chi connectivity index (χ4n) is 3.07. The summed E-state index contributed by atoms with van der Waals surface area (Å²) in [5, 5.41) is 3.28. The number of carbonyl (C=O) groups is 1. The molecular weight excluding hydrogens is 328 g/mol. The number of hydrogen-bond acceptors (Lipinski definition) is 5. The first kappa shape index (κ1) is 18.3. The summed E-state index contributed by atoms with van der Waals surface area (Å²) < 4.78 is 5.61. The molecule has 26 heavy (non-hydrogen) atoms. The second-order valence-electron chi connectivity index (χ2n) is 6.76. The van der Waals surface area contributed by atoms with Gasteiger partial charge in [0.1, 0.15) is 11.9 Å². The van der Waals surface area contributed by atoms with Crippen LogP contribution in [-0.2, 0) is 16.0 Å². The highest BCUT2D eigenvalue weighted by Crippen LogP contribution is 2.23. The fourth-order valence-corrected chi connectivity index (χ4v) is 3.07. The maximum absolute atomic E-state index is 12.8. The van der Waals surface area contributed by atoms with Gasteiger partial charge in [-0.2, -0.15) is 0 Å². The van der Waals surface area contributed by atoms with E-state index in [2.05, 4.69) is 29.1 Å². The maximum Gasteiger partial charge on any atom is 0.223 e. The number of carbonyl (C=O) groups excluding carboxylic acids is 1. The number of nitrogens with one attached hydrogen (secondary N) is 1. The number of rotatable bonds is 6. The first-order chi connectivity index (χ1) is 12.6. The standard InChI is InChI=1S/C20H26N4O2/c1-15(2)22-18-10-11-21-20(23-18)17-14-26-13-12-24(17)19(25)9-8-16-6-4-3-5-7-16/h3-7,10-11,15,17H,8-9,12-14H2,1-2H3,(H,21,22,23)/t17-/m0/s1. The van der Waals surface area contributed by atoms with Crippen LogP contribution in [0.15, 0.2) is 42.6 Å². The van der Waals surface area contributed by atoms with Crippen LogP contribution >= 0.6 is 0 Å². The molecule has 0 unspecified atom stereocenters. The van der Waals surface area contributed by atoms with Crippen LogP contribution in [0.3, 0.4) is 0 Å². The van der Waals surface area contributed by atoms with Gasteiger partial charge in [-0.3, -0.25) is 4.79 Å². The molecule has 1 fully saturated rings. The summed E-state index contributed by atoms with van der Waals surface area (Å²) in [5.74, 6) is 1.52. The topological polar surface area (TPSA) is 67.4 Å². The average molecular weight is 354 g/mol. The Morgan fingerprint density at radius 2 is 2.12 bits per heavy atom. The third-order valence-corrected chi connectivity index (χ3v) is 4.33. The number of anilines is 1. The van der Waals surface area contributed by atoms with Gasteiger partial charge in [-0.1, -0.05) is 30.3 Å². The Hall–Kier alpha value is -2.47. The van der Waals surface area contributed by atoms with Crippen LogP contribution in [0.2, 0.25) is 0 Å². The van der Waals surface area contributed by atoms with E-state index in [9.17, 15) is 4.79 Å². The smallest absolute Gasteiger partial charge is 0.223 e. The van der Waals surface area contributed by atoms with Crippen LogP contribution < -0.4 is 5.32 Å². The van der Waals surface area contributed by atoms with E-state index in [0.29, 0.717) is 32.0 Å². The Morgan fingerprint density at radius 1 is 1.31 bits per heavy atom. The van der Waals surface area contributed by atoms with Gasteiger partial charge in [-0.05, 0) is 31.9 Å². The third kappa shape index (κ3) is 4.79. The monoisotopic (exact) mass is 354 g/mol. The molecule has 2 heterocycles. The van der Waals surface area contributed by atoms with Crippen LogP contribution in [-0.4, -0.2) is 46.6 Å². The summed E-state index contributed by atoms with van der Waals surface area (Å²) in [6.45, 7) is 5.68. The van der Waals surface area contributed by atoms with Crippen LogP contribution in [0, 0.1) is 0 Å². The lowest BCUT2D eigenvalue weighted by atomic mass is 10.1.